The Morgan fingerprint density at radius 2 is 0.927 bits per heavy atom. The largest absolute Gasteiger partial charge is 0.488 e. The first-order valence-corrected chi connectivity index (χ1v) is 26.7. The molecule has 0 spiro atoms. The number of nitro groups is 2. The number of H-pyrrole nitrogens is 1. The number of nitro benzene ring substituents is 2. The molecule has 0 fully saturated rings. The molecular weight excluding hydrogens is 1270 g/mol. The molecule has 33 heteroatoms. The zero-order chi connectivity index (χ0) is 59.2. The van der Waals surface area contributed by atoms with Crippen molar-refractivity contribution in [1.29, 1.82) is 0 Å². The number of aromatic nitrogens is 16. The summed E-state index contributed by atoms with van der Waals surface area (Å²) >= 11 is 9.68. The second kappa shape index (κ2) is 34.6. The zero-order valence-electron chi connectivity index (χ0n) is 42.9. The Balaban J connectivity index is 0.000000188. The van der Waals surface area contributed by atoms with Crippen molar-refractivity contribution in [3.8, 4) is 45.6 Å². The smallest absolute Gasteiger partial charge is 0.423 e. The van der Waals surface area contributed by atoms with E-state index in [1.807, 2.05) is 48.5 Å². The molecule has 0 aliphatic heterocycles. The number of nitrogen functional groups attached to an aromatic ring is 1. The fourth-order valence-electron chi connectivity index (χ4n) is 6.58. The maximum absolute atomic E-state index is 10.8. The van der Waals surface area contributed by atoms with Crippen molar-refractivity contribution >= 4 is 77.4 Å². The third-order valence-electron chi connectivity index (χ3n) is 10.3. The Bertz CT molecular complexity index is 3490. The molecule has 0 saturated carbocycles. The number of para-hydroxylation sites is 3. The summed E-state index contributed by atoms with van der Waals surface area (Å²) in [5, 5.41) is 122. The lowest BCUT2D eigenvalue weighted by molar-refractivity contribution is -0.384. The number of halogens is 3. The number of hydrogen-bond acceptors (Lipinski definition) is 23. The van der Waals surface area contributed by atoms with Crippen LogP contribution in [0.2, 0.25) is 0 Å². The first-order valence-electron chi connectivity index (χ1n) is 24.0. The molecule has 9 N–H and O–H groups in total. The molecule has 10 rings (SSSR count). The molecule has 0 radical (unpaired) electrons. The number of aliphatic hydroxyl groups excluding tert-OH is 4. The summed E-state index contributed by atoms with van der Waals surface area (Å²) in [6, 6.07) is 42.8. The third kappa shape index (κ3) is 20.5. The first-order chi connectivity index (χ1) is 39.7. The standard InChI is InChI=1S/C16H15BrN4O.C9H9N5O3.C9H11N5O.C7H5N5O2.C6H6BBrO2.C2H5BrO/c17-14-7-5-12(6-8-14)11-13-3-1-2-4-15(13)16-18-20-21(19-16)9-10-22;15-6-5-13-11-9(10-12-13)7-3-1-2-4-8(7)14(16)17;10-8-4-2-1-3-7(8)9-11-13-14(12-9)5-6-15;13-12(14)6-4-2-1-3-5(6)7-8-10-11-9-7;8-6-3-1-5(2-4-6)7(9)10;3-1-2-4/h1-8,22H,9-11H2;1-4,15H,5-6H2;1-4,15H,5-6,10H2;1-4H,(H,8,9,10,11);1-4,9-10H;4H,1-2H2. The molecule has 0 bridgehead atoms. The number of aromatic amines is 1. The van der Waals surface area contributed by atoms with Gasteiger partial charge in [-0.2, -0.15) is 19.6 Å². The Morgan fingerprint density at radius 1 is 0.524 bits per heavy atom. The fraction of sp³-hybridized carbons (Fsp3) is 0.184. The van der Waals surface area contributed by atoms with Crippen molar-refractivity contribution in [3.05, 3.63) is 186 Å². The van der Waals surface area contributed by atoms with E-state index in [0.717, 1.165) is 32.1 Å². The van der Waals surface area contributed by atoms with Gasteiger partial charge in [-0.1, -0.05) is 133 Å². The second-order valence-corrected chi connectivity index (χ2v) is 18.6. The van der Waals surface area contributed by atoms with Gasteiger partial charge in [-0.05, 0) is 92.4 Å². The van der Waals surface area contributed by atoms with Crippen LogP contribution < -0.4 is 11.2 Å². The van der Waals surface area contributed by atoms with Crippen LogP contribution in [0.3, 0.4) is 0 Å². The lowest BCUT2D eigenvalue weighted by Gasteiger charge is -2.06. The van der Waals surface area contributed by atoms with Crippen molar-refractivity contribution in [2.75, 3.05) is 37.5 Å². The predicted octanol–water partition coefficient (Wildman–Crippen LogP) is 4.12. The number of benzene rings is 6. The van der Waals surface area contributed by atoms with E-state index in [-0.39, 0.29) is 56.0 Å². The molecule has 0 amide bonds. The van der Waals surface area contributed by atoms with E-state index in [2.05, 4.69) is 133 Å². The van der Waals surface area contributed by atoms with E-state index in [9.17, 15) is 20.2 Å². The summed E-state index contributed by atoms with van der Waals surface area (Å²) in [7, 11) is -1.37. The normalized spacial score (nSPS) is 10.2. The molecular formula is C49H51BBr3N19O10. The topological polar surface area (TPSA) is 419 Å². The molecule has 29 nitrogen and oxygen atoms in total. The molecule has 4 heterocycles. The van der Waals surface area contributed by atoms with Crippen LogP contribution in [-0.2, 0) is 26.1 Å². The minimum atomic E-state index is -1.37. The van der Waals surface area contributed by atoms with E-state index in [0.29, 0.717) is 52.3 Å². The van der Waals surface area contributed by atoms with Crippen molar-refractivity contribution in [1.82, 2.24) is 81.2 Å². The Kier molecular flexibility index (Phi) is 27.1. The van der Waals surface area contributed by atoms with E-state index in [4.69, 9.17) is 36.2 Å². The lowest BCUT2D eigenvalue weighted by Crippen LogP contribution is -2.29. The summed E-state index contributed by atoms with van der Waals surface area (Å²) in [6.07, 6.45) is 0.804. The van der Waals surface area contributed by atoms with Gasteiger partial charge in [0.05, 0.1) is 55.9 Å². The van der Waals surface area contributed by atoms with Crippen LogP contribution in [0.1, 0.15) is 11.1 Å². The molecule has 0 atom stereocenters. The highest BCUT2D eigenvalue weighted by molar-refractivity contribution is 9.10. The third-order valence-corrected chi connectivity index (χ3v) is 11.7. The quantitative estimate of drug-likeness (QED) is 0.0222. The molecule has 426 valence electrons. The van der Waals surface area contributed by atoms with Gasteiger partial charge < -0.3 is 36.2 Å². The van der Waals surface area contributed by atoms with E-state index in [1.165, 1.54) is 32.1 Å². The molecule has 10 aromatic rings. The maximum Gasteiger partial charge on any atom is 0.488 e. The maximum atomic E-state index is 10.8. The van der Waals surface area contributed by atoms with Crippen LogP contribution in [0.25, 0.3) is 45.6 Å². The number of anilines is 1. The molecule has 0 unspecified atom stereocenters. The number of nitrogens with zero attached hydrogens (tertiary/aromatic N) is 17. The first kappa shape index (κ1) is 64.3. The van der Waals surface area contributed by atoms with E-state index < -0.39 is 17.0 Å². The highest BCUT2D eigenvalue weighted by Gasteiger charge is 2.19. The van der Waals surface area contributed by atoms with Crippen LogP contribution in [0.15, 0.2) is 155 Å². The average molecular weight is 1320 g/mol. The molecule has 82 heavy (non-hydrogen) atoms. The van der Waals surface area contributed by atoms with Crippen molar-refractivity contribution < 1.29 is 40.3 Å². The average Bonchev–Trinajstić information content (AvgIpc) is 4.37. The minimum absolute atomic E-state index is 0.00363. The second-order valence-electron chi connectivity index (χ2n) is 16.0. The Labute approximate surface area is 491 Å². The number of hydrogen-bond donors (Lipinski definition) is 8. The monoisotopic (exact) mass is 1310 g/mol. The van der Waals surface area contributed by atoms with Gasteiger partial charge in [0.1, 0.15) is 11.1 Å². The van der Waals surface area contributed by atoms with E-state index >= 15 is 0 Å². The predicted molar refractivity (Wildman–Crippen MR) is 310 cm³/mol. The number of aliphatic hydroxyl groups is 4. The molecule has 0 aliphatic carbocycles. The number of tetrazole rings is 4. The van der Waals surface area contributed by atoms with Gasteiger partial charge >= 0.3 is 7.12 Å². The van der Waals surface area contributed by atoms with Gasteiger partial charge in [0, 0.05) is 43.2 Å². The summed E-state index contributed by atoms with van der Waals surface area (Å²) < 4.78 is 2.00. The lowest BCUT2D eigenvalue weighted by atomic mass is 9.81. The SMILES string of the molecule is Nc1ccccc1-c1nnn(CCO)n1.O=[N+]([O-])c1ccccc1-c1nn[nH]n1.O=[N+]([O-])c1ccccc1-c1nnn(CCO)n1.OB(O)c1ccc(Br)cc1.OCCBr.OCCn1nnc(-c2ccccc2Cc2ccc(Br)cc2)n1. The summed E-state index contributed by atoms with van der Waals surface area (Å²) in [6.45, 7) is 0.984. The Morgan fingerprint density at radius 3 is 1.35 bits per heavy atom. The molecule has 0 aliphatic rings. The number of rotatable bonds is 16. The van der Waals surface area contributed by atoms with Crippen molar-refractivity contribution in [3.63, 3.8) is 0 Å². The zero-order valence-corrected chi connectivity index (χ0v) is 47.7. The fourth-order valence-corrected chi connectivity index (χ4v) is 7.10. The number of nitrogens with two attached hydrogens (primary N) is 1. The van der Waals surface area contributed by atoms with Crippen LogP contribution in [0.5, 0.6) is 0 Å². The van der Waals surface area contributed by atoms with Gasteiger partial charge in [0.25, 0.3) is 11.4 Å². The van der Waals surface area contributed by atoms with Crippen molar-refractivity contribution in [2.45, 2.75) is 26.1 Å². The summed E-state index contributed by atoms with van der Waals surface area (Å²) in [5.74, 6) is 1.45. The van der Waals surface area contributed by atoms with Gasteiger partial charge in [0.15, 0.2) is 0 Å². The Hall–Kier alpha value is -8.54. The van der Waals surface area contributed by atoms with Crippen molar-refractivity contribution in [2.24, 2.45) is 0 Å². The van der Waals surface area contributed by atoms with Crippen LogP contribution in [0, 0.1) is 20.2 Å². The van der Waals surface area contributed by atoms with Gasteiger partial charge in [-0.3, -0.25) is 20.2 Å². The molecule has 6 aromatic carbocycles. The highest BCUT2D eigenvalue weighted by atomic mass is 79.9. The molecule has 0 saturated heterocycles. The summed E-state index contributed by atoms with van der Waals surface area (Å²) in [4.78, 5) is 24.4. The minimum Gasteiger partial charge on any atom is -0.423 e. The number of alkyl halides is 1. The van der Waals surface area contributed by atoms with Crippen LogP contribution in [0.4, 0.5) is 17.1 Å². The highest BCUT2D eigenvalue weighted by Crippen LogP contribution is 2.28. The number of nitrogens with one attached hydrogen (secondary N) is 1. The molecule has 4 aromatic heterocycles. The van der Waals surface area contributed by atoms with Gasteiger partial charge in [-0.15, -0.1) is 40.8 Å². The van der Waals surface area contributed by atoms with Gasteiger partial charge in [-0.25, -0.2) is 0 Å². The van der Waals surface area contributed by atoms with Gasteiger partial charge in [0.2, 0.25) is 23.3 Å². The van der Waals surface area contributed by atoms with E-state index in [1.54, 1.807) is 66.7 Å². The summed E-state index contributed by atoms with van der Waals surface area (Å²) in [5.41, 5.74) is 11.5. The van der Waals surface area contributed by atoms with Crippen LogP contribution >= 0.6 is 47.8 Å². The van der Waals surface area contributed by atoms with Crippen LogP contribution in [-0.4, -0.2) is 160 Å².